The molecule has 0 unspecified atom stereocenters. The highest BCUT2D eigenvalue weighted by molar-refractivity contribution is 14.0. The fourth-order valence-corrected chi connectivity index (χ4v) is 3.58. The Kier molecular flexibility index (Phi) is 11.4. The molecule has 0 radical (unpaired) electrons. The number of hydrogen-bond donors (Lipinski definition) is 2. The lowest BCUT2D eigenvalue weighted by atomic mass is 10.1. The van der Waals surface area contributed by atoms with Crippen molar-refractivity contribution >= 4 is 35.9 Å². The van der Waals surface area contributed by atoms with Crippen molar-refractivity contribution in [1.82, 2.24) is 25.5 Å². The number of aromatic nitrogens is 2. The zero-order valence-corrected chi connectivity index (χ0v) is 20.8. The van der Waals surface area contributed by atoms with E-state index >= 15 is 0 Å². The van der Waals surface area contributed by atoms with E-state index in [1.807, 2.05) is 31.3 Å². The summed E-state index contributed by atoms with van der Waals surface area (Å²) in [5, 5.41) is 6.79. The van der Waals surface area contributed by atoms with E-state index in [0.717, 1.165) is 76.3 Å². The van der Waals surface area contributed by atoms with Gasteiger partial charge in [0.2, 0.25) is 5.95 Å². The molecule has 0 saturated carbocycles. The van der Waals surface area contributed by atoms with Gasteiger partial charge in [0.1, 0.15) is 5.75 Å². The molecule has 0 bridgehead atoms. The van der Waals surface area contributed by atoms with Gasteiger partial charge in [-0.05, 0) is 37.1 Å². The number of halogens is 1. The zero-order valence-electron chi connectivity index (χ0n) is 18.5. The first kappa shape index (κ1) is 25.1. The van der Waals surface area contributed by atoms with Gasteiger partial charge in [-0.15, -0.1) is 24.0 Å². The van der Waals surface area contributed by atoms with Crippen LogP contribution < -0.4 is 20.3 Å². The lowest BCUT2D eigenvalue weighted by molar-refractivity contribution is 0.254. The third-order valence-corrected chi connectivity index (χ3v) is 5.25. The smallest absolute Gasteiger partial charge is 0.225 e. The zero-order chi connectivity index (χ0) is 21.0. The maximum atomic E-state index is 5.41. The molecular weight excluding hydrogens is 505 g/mol. The Morgan fingerprint density at radius 2 is 1.74 bits per heavy atom. The van der Waals surface area contributed by atoms with Crippen LogP contribution >= 0.6 is 24.0 Å². The summed E-state index contributed by atoms with van der Waals surface area (Å²) in [6.07, 6.45) is 5.57. The van der Waals surface area contributed by atoms with Crippen molar-refractivity contribution in [3.63, 3.8) is 0 Å². The number of aliphatic imine (C=N–C) groups is 1. The van der Waals surface area contributed by atoms with Gasteiger partial charge < -0.3 is 20.3 Å². The predicted octanol–water partition coefficient (Wildman–Crippen LogP) is 2.02. The minimum absolute atomic E-state index is 0. The maximum Gasteiger partial charge on any atom is 0.225 e. The van der Waals surface area contributed by atoms with E-state index < -0.39 is 0 Å². The van der Waals surface area contributed by atoms with Gasteiger partial charge in [-0.1, -0.05) is 18.2 Å². The molecule has 1 aromatic carbocycles. The first-order chi connectivity index (χ1) is 14.8. The first-order valence-electron chi connectivity index (χ1n) is 10.6. The van der Waals surface area contributed by atoms with E-state index in [9.17, 15) is 0 Å². The minimum Gasteiger partial charge on any atom is -0.496 e. The molecule has 0 atom stereocenters. The number of nitrogens with one attached hydrogen (secondary N) is 2. The van der Waals surface area contributed by atoms with Crippen LogP contribution in [0.5, 0.6) is 5.75 Å². The van der Waals surface area contributed by atoms with Crippen molar-refractivity contribution in [3.05, 3.63) is 48.3 Å². The molecule has 3 rings (SSSR count). The molecule has 1 saturated heterocycles. The second kappa shape index (κ2) is 14.0. The summed E-state index contributed by atoms with van der Waals surface area (Å²) in [5.41, 5.74) is 1.20. The molecule has 9 heteroatoms. The summed E-state index contributed by atoms with van der Waals surface area (Å²) in [5.74, 6) is 2.61. The van der Waals surface area contributed by atoms with E-state index in [2.05, 4.69) is 41.5 Å². The monoisotopic (exact) mass is 539 g/mol. The van der Waals surface area contributed by atoms with E-state index in [1.165, 1.54) is 5.56 Å². The van der Waals surface area contributed by atoms with Crippen molar-refractivity contribution < 1.29 is 4.74 Å². The van der Waals surface area contributed by atoms with Crippen LogP contribution in [-0.4, -0.2) is 80.8 Å². The average molecular weight is 539 g/mol. The summed E-state index contributed by atoms with van der Waals surface area (Å²) in [6, 6.07) is 9.98. The molecule has 2 aromatic rings. The Hall–Kier alpha value is -2.14. The molecule has 2 N–H and O–H groups in total. The summed E-state index contributed by atoms with van der Waals surface area (Å²) in [7, 11) is 3.52. The van der Waals surface area contributed by atoms with Gasteiger partial charge in [0, 0.05) is 58.7 Å². The molecular formula is C22H34IN7O. The van der Waals surface area contributed by atoms with E-state index in [1.54, 1.807) is 19.5 Å². The van der Waals surface area contributed by atoms with Crippen molar-refractivity contribution in [2.75, 3.05) is 64.9 Å². The van der Waals surface area contributed by atoms with Crippen LogP contribution in [0.1, 0.15) is 12.0 Å². The van der Waals surface area contributed by atoms with Gasteiger partial charge >= 0.3 is 0 Å². The molecule has 170 valence electrons. The quantitative estimate of drug-likeness (QED) is 0.219. The summed E-state index contributed by atoms with van der Waals surface area (Å²) < 4.78 is 5.41. The SMILES string of the molecule is CN=C(NCCCN1CCN(c2ncccn2)CC1)NCCc1ccccc1OC.I. The standard InChI is InChI=1S/C22H33N7O.HI/c1-23-21(25-13-9-19-7-3-4-8-20(19)30-2)24-12-6-14-28-15-17-29(18-16-28)22-26-10-5-11-27-22;/h3-5,7-8,10-11H,6,9,12-18H2,1-2H3,(H2,23,24,25);1H. The van der Waals surface area contributed by atoms with Crippen molar-refractivity contribution in [3.8, 4) is 5.75 Å². The van der Waals surface area contributed by atoms with Crippen LogP contribution in [0.4, 0.5) is 5.95 Å². The molecule has 1 aromatic heterocycles. The van der Waals surface area contributed by atoms with Gasteiger partial charge in [-0.25, -0.2) is 9.97 Å². The molecule has 31 heavy (non-hydrogen) atoms. The molecule has 0 amide bonds. The number of methoxy groups -OCH3 is 1. The molecule has 0 spiro atoms. The van der Waals surface area contributed by atoms with Crippen LogP contribution in [0, 0.1) is 0 Å². The molecule has 0 aliphatic carbocycles. The Balaban J connectivity index is 0.00000341. The van der Waals surface area contributed by atoms with Crippen LogP contribution in [-0.2, 0) is 6.42 Å². The lowest BCUT2D eigenvalue weighted by Gasteiger charge is -2.34. The van der Waals surface area contributed by atoms with Crippen LogP contribution in [0.25, 0.3) is 0 Å². The van der Waals surface area contributed by atoms with Crippen molar-refractivity contribution in [2.45, 2.75) is 12.8 Å². The fraction of sp³-hybridized carbons (Fsp3) is 0.500. The van der Waals surface area contributed by atoms with E-state index in [0.29, 0.717) is 0 Å². The van der Waals surface area contributed by atoms with Gasteiger partial charge in [0.25, 0.3) is 0 Å². The molecule has 1 aliphatic heterocycles. The Bertz CT molecular complexity index is 782. The maximum absolute atomic E-state index is 5.41. The number of para-hydroxylation sites is 1. The third kappa shape index (κ3) is 8.13. The summed E-state index contributed by atoms with van der Waals surface area (Å²) in [6.45, 7) is 6.83. The number of rotatable bonds is 9. The van der Waals surface area contributed by atoms with Gasteiger partial charge in [-0.2, -0.15) is 0 Å². The first-order valence-corrected chi connectivity index (χ1v) is 10.6. The molecule has 8 nitrogen and oxygen atoms in total. The van der Waals surface area contributed by atoms with E-state index in [4.69, 9.17) is 4.74 Å². The number of anilines is 1. The predicted molar refractivity (Wildman–Crippen MR) is 137 cm³/mol. The van der Waals surface area contributed by atoms with E-state index in [-0.39, 0.29) is 24.0 Å². The van der Waals surface area contributed by atoms with Crippen LogP contribution in [0.3, 0.4) is 0 Å². The third-order valence-electron chi connectivity index (χ3n) is 5.25. The second-order valence-electron chi connectivity index (χ2n) is 7.22. The lowest BCUT2D eigenvalue weighted by Crippen LogP contribution is -2.47. The number of ether oxygens (including phenoxy) is 1. The number of nitrogens with zero attached hydrogens (tertiary/aromatic N) is 5. The second-order valence-corrected chi connectivity index (χ2v) is 7.22. The summed E-state index contributed by atoms with van der Waals surface area (Å²) >= 11 is 0. The van der Waals surface area contributed by atoms with Crippen molar-refractivity contribution in [1.29, 1.82) is 0 Å². The Morgan fingerprint density at radius 1 is 1.03 bits per heavy atom. The van der Waals surface area contributed by atoms with Gasteiger partial charge in [-0.3, -0.25) is 9.89 Å². The topological polar surface area (TPSA) is 77.9 Å². The number of hydrogen-bond acceptors (Lipinski definition) is 6. The van der Waals surface area contributed by atoms with Gasteiger partial charge in [0.15, 0.2) is 5.96 Å². The highest BCUT2D eigenvalue weighted by Crippen LogP contribution is 2.17. The average Bonchev–Trinajstić information content (AvgIpc) is 2.82. The highest BCUT2D eigenvalue weighted by atomic mass is 127. The molecule has 1 fully saturated rings. The normalized spacial score (nSPS) is 14.6. The molecule has 1 aliphatic rings. The Morgan fingerprint density at radius 3 is 2.45 bits per heavy atom. The van der Waals surface area contributed by atoms with Crippen LogP contribution in [0.15, 0.2) is 47.7 Å². The van der Waals surface area contributed by atoms with Crippen molar-refractivity contribution in [2.24, 2.45) is 4.99 Å². The minimum atomic E-state index is 0. The number of piperazine rings is 1. The summed E-state index contributed by atoms with van der Waals surface area (Å²) in [4.78, 5) is 17.8. The van der Waals surface area contributed by atoms with Gasteiger partial charge in [0.05, 0.1) is 7.11 Å². The fourth-order valence-electron chi connectivity index (χ4n) is 3.58. The Labute approximate surface area is 202 Å². The highest BCUT2D eigenvalue weighted by Gasteiger charge is 2.18. The number of benzene rings is 1. The molecule has 2 heterocycles. The number of guanidine groups is 1. The van der Waals surface area contributed by atoms with Crippen LogP contribution in [0.2, 0.25) is 0 Å². The largest absolute Gasteiger partial charge is 0.496 e.